The van der Waals surface area contributed by atoms with E-state index in [4.69, 9.17) is 9.97 Å². The van der Waals surface area contributed by atoms with Crippen LogP contribution in [-0.2, 0) is 0 Å². The predicted octanol–water partition coefficient (Wildman–Crippen LogP) is 2.32. The molecular weight excluding hydrogens is 352 g/mol. The van der Waals surface area contributed by atoms with Gasteiger partial charge in [0.15, 0.2) is 5.82 Å². The van der Waals surface area contributed by atoms with Crippen molar-refractivity contribution in [1.82, 2.24) is 29.5 Å². The third-order valence-corrected chi connectivity index (χ3v) is 5.47. The highest BCUT2D eigenvalue weighted by Gasteiger charge is 2.24. The second kappa shape index (κ2) is 6.40. The summed E-state index contributed by atoms with van der Waals surface area (Å²) in [6.07, 6.45) is 1.56. The summed E-state index contributed by atoms with van der Waals surface area (Å²) in [6.45, 7) is 9.69. The van der Waals surface area contributed by atoms with Gasteiger partial charge in [0.2, 0.25) is 0 Å². The van der Waals surface area contributed by atoms with E-state index in [-0.39, 0.29) is 0 Å². The topological polar surface area (TPSA) is 75.3 Å². The van der Waals surface area contributed by atoms with Gasteiger partial charge in [0, 0.05) is 37.4 Å². The van der Waals surface area contributed by atoms with Crippen molar-refractivity contribution in [3.05, 3.63) is 47.5 Å². The summed E-state index contributed by atoms with van der Waals surface area (Å²) < 4.78 is 1.85. The SMILES string of the molecule is Cc1nc2ccccc2nc1N1CCN(c2c(C)c(C)nc3ncnn23)CC1. The lowest BCUT2D eigenvalue weighted by molar-refractivity contribution is 0.629. The number of benzene rings is 1. The average Bonchev–Trinajstić information content (AvgIpc) is 3.16. The van der Waals surface area contributed by atoms with E-state index >= 15 is 0 Å². The van der Waals surface area contributed by atoms with Crippen LogP contribution in [0.15, 0.2) is 30.6 Å². The second-order valence-corrected chi connectivity index (χ2v) is 7.21. The molecule has 0 N–H and O–H groups in total. The van der Waals surface area contributed by atoms with Gasteiger partial charge in [-0.15, -0.1) is 0 Å². The maximum absolute atomic E-state index is 4.88. The number of fused-ring (bicyclic) bond motifs is 2. The molecule has 8 nitrogen and oxygen atoms in total. The average molecular weight is 374 g/mol. The van der Waals surface area contributed by atoms with Gasteiger partial charge >= 0.3 is 0 Å². The number of nitrogens with zero attached hydrogens (tertiary/aromatic N) is 8. The molecule has 0 spiro atoms. The van der Waals surface area contributed by atoms with E-state index in [0.29, 0.717) is 5.78 Å². The number of hydrogen-bond donors (Lipinski definition) is 0. The normalized spacial score (nSPS) is 15.0. The van der Waals surface area contributed by atoms with Crippen LogP contribution in [0.1, 0.15) is 17.0 Å². The van der Waals surface area contributed by atoms with E-state index in [1.165, 1.54) is 0 Å². The first kappa shape index (κ1) is 16.9. The lowest BCUT2D eigenvalue weighted by Crippen LogP contribution is -2.48. The molecule has 0 aliphatic carbocycles. The third kappa shape index (κ3) is 2.64. The molecule has 1 aliphatic rings. The molecule has 28 heavy (non-hydrogen) atoms. The van der Waals surface area contributed by atoms with Crippen LogP contribution in [0.2, 0.25) is 0 Å². The van der Waals surface area contributed by atoms with Crippen molar-refractivity contribution in [1.29, 1.82) is 0 Å². The summed E-state index contributed by atoms with van der Waals surface area (Å²) in [5.41, 5.74) is 5.00. The maximum atomic E-state index is 4.88. The molecule has 1 aromatic carbocycles. The Bertz CT molecular complexity index is 1170. The van der Waals surface area contributed by atoms with Gasteiger partial charge in [0.1, 0.15) is 12.1 Å². The van der Waals surface area contributed by atoms with Crippen LogP contribution in [0.25, 0.3) is 16.8 Å². The number of para-hydroxylation sites is 2. The Morgan fingerprint density at radius 1 is 0.786 bits per heavy atom. The van der Waals surface area contributed by atoms with Gasteiger partial charge in [-0.25, -0.2) is 15.0 Å². The van der Waals surface area contributed by atoms with Crippen molar-refractivity contribution in [2.45, 2.75) is 20.8 Å². The zero-order valence-corrected chi connectivity index (χ0v) is 16.3. The quantitative estimate of drug-likeness (QED) is 0.533. The van der Waals surface area contributed by atoms with Gasteiger partial charge in [-0.3, -0.25) is 0 Å². The molecule has 0 radical (unpaired) electrons. The summed E-state index contributed by atoms with van der Waals surface area (Å²) >= 11 is 0. The Morgan fingerprint density at radius 2 is 1.46 bits per heavy atom. The first-order valence-electron chi connectivity index (χ1n) is 9.52. The molecule has 0 amide bonds. The molecule has 5 rings (SSSR count). The molecule has 0 unspecified atom stereocenters. The van der Waals surface area contributed by atoms with Crippen molar-refractivity contribution < 1.29 is 0 Å². The number of rotatable bonds is 2. The Hall–Kier alpha value is -3.29. The highest BCUT2D eigenvalue weighted by atomic mass is 15.4. The lowest BCUT2D eigenvalue weighted by Gasteiger charge is -2.37. The van der Waals surface area contributed by atoms with E-state index in [0.717, 1.165) is 65.8 Å². The number of piperazine rings is 1. The molecule has 0 saturated carbocycles. The van der Waals surface area contributed by atoms with Crippen molar-refractivity contribution in [3.8, 4) is 0 Å². The summed E-state index contributed by atoms with van der Waals surface area (Å²) in [5, 5.41) is 4.39. The number of anilines is 2. The van der Waals surface area contributed by atoms with Crippen LogP contribution >= 0.6 is 0 Å². The molecule has 142 valence electrons. The van der Waals surface area contributed by atoms with Gasteiger partial charge in [0.05, 0.1) is 16.7 Å². The number of aromatic nitrogens is 6. The fraction of sp³-hybridized carbons (Fsp3) is 0.350. The minimum absolute atomic E-state index is 0.650. The standard InChI is InChI=1S/C20H22N8/c1-13-14(2)24-20-21-12-22-28(20)19(13)27-10-8-26(9-11-27)18-15(3)23-16-6-4-5-7-17(16)25-18/h4-7,12H,8-11H2,1-3H3. The predicted molar refractivity (Wildman–Crippen MR) is 109 cm³/mol. The number of aryl methyl sites for hydroxylation is 2. The molecular formula is C20H22N8. The van der Waals surface area contributed by atoms with E-state index in [1.54, 1.807) is 6.33 Å². The fourth-order valence-electron chi connectivity index (χ4n) is 3.90. The van der Waals surface area contributed by atoms with Gasteiger partial charge in [-0.2, -0.15) is 14.6 Å². The monoisotopic (exact) mass is 374 g/mol. The largest absolute Gasteiger partial charge is 0.353 e. The van der Waals surface area contributed by atoms with Crippen LogP contribution in [0.3, 0.4) is 0 Å². The van der Waals surface area contributed by atoms with Crippen LogP contribution in [0.4, 0.5) is 11.6 Å². The molecule has 4 heterocycles. The second-order valence-electron chi connectivity index (χ2n) is 7.21. The fourth-order valence-corrected chi connectivity index (χ4v) is 3.90. The first-order chi connectivity index (χ1) is 13.6. The Kier molecular flexibility index (Phi) is 3.85. The van der Waals surface area contributed by atoms with Crippen molar-refractivity contribution in [2.75, 3.05) is 36.0 Å². The molecule has 1 fully saturated rings. The van der Waals surface area contributed by atoms with E-state index in [9.17, 15) is 0 Å². The van der Waals surface area contributed by atoms with Crippen molar-refractivity contribution in [3.63, 3.8) is 0 Å². The van der Waals surface area contributed by atoms with Crippen LogP contribution in [0, 0.1) is 20.8 Å². The van der Waals surface area contributed by atoms with Crippen molar-refractivity contribution in [2.24, 2.45) is 0 Å². The Labute approximate surface area is 162 Å². The van der Waals surface area contributed by atoms with Gasteiger partial charge in [-0.05, 0) is 32.9 Å². The van der Waals surface area contributed by atoms with Gasteiger partial charge in [-0.1, -0.05) is 12.1 Å². The zero-order chi connectivity index (χ0) is 19.3. The van der Waals surface area contributed by atoms with E-state index in [1.807, 2.05) is 42.6 Å². The number of hydrogen-bond acceptors (Lipinski definition) is 7. The van der Waals surface area contributed by atoms with E-state index in [2.05, 4.69) is 31.8 Å². The van der Waals surface area contributed by atoms with Crippen LogP contribution < -0.4 is 9.80 Å². The Morgan fingerprint density at radius 3 is 2.21 bits per heavy atom. The summed E-state index contributed by atoms with van der Waals surface area (Å²) in [6, 6.07) is 8.03. The summed E-state index contributed by atoms with van der Waals surface area (Å²) in [4.78, 5) is 23.1. The molecule has 0 bridgehead atoms. The van der Waals surface area contributed by atoms with E-state index < -0.39 is 0 Å². The molecule has 0 atom stereocenters. The zero-order valence-electron chi connectivity index (χ0n) is 16.3. The molecule has 1 saturated heterocycles. The Balaban J connectivity index is 1.44. The van der Waals surface area contributed by atoms with Crippen molar-refractivity contribution >= 4 is 28.4 Å². The van der Waals surface area contributed by atoms with Gasteiger partial charge in [0.25, 0.3) is 5.78 Å². The molecule has 1 aliphatic heterocycles. The van der Waals surface area contributed by atoms with Crippen LogP contribution in [0.5, 0.6) is 0 Å². The van der Waals surface area contributed by atoms with Crippen LogP contribution in [-0.4, -0.2) is 55.7 Å². The molecule has 4 aromatic rings. The smallest absolute Gasteiger partial charge is 0.254 e. The lowest BCUT2D eigenvalue weighted by atomic mass is 10.2. The maximum Gasteiger partial charge on any atom is 0.254 e. The van der Waals surface area contributed by atoms with Gasteiger partial charge < -0.3 is 9.80 Å². The summed E-state index contributed by atoms with van der Waals surface area (Å²) in [5.74, 6) is 2.71. The minimum Gasteiger partial charge on any atom is -0.353 e. The highest BCUT2D eigenvalue weighted by molar-refractivity contribution is 5.76. The minimum atomic E-state index is 0.650. The highest BCUT2D eigenvalue weighted by Crippen LogP contribution is 2.26. The molecule has 8 heteroatoms. The third-order valence-electron chi connectivity index (χ3n) is 5.47. The summed E-state index contributed by atoms with van der Waals surface area (Å²) in [7, 11) is 0. The first-order valence-corrected chi connectivity index (χ1v) is 9.52. The molecule has 3 aromatic heterocycles.